The van der Waals surface area contributed by atoms with E-state index < -0.39 is 5.91 Å². The molecule has 0 saturated heterocycles. The van der Waals surface area contributed by atoms with Crippen molar-refractivity contribution in [2.75, 3.05) is 11.9 Å². The molecule has 0 aliphatic heterocycles. The van der Waals surface area contributed by atoms with Gasteiger partial charge in [0.1, 0.15) is 17.4 Å². The first-order chi connectivity index (χ1) is 15.6. The second-order valence-corrected chi connectivity index (χ2v) is 9.04. The van der Waals surface area contributed by atoms with Crippen LogP contribution in [0.15, 0.2) is 60.2 Å². The lowest BCUT2D eigenvalue weighted by Crippen LogP contribution is -2.13. The van der Waals surface area contributed by atoms with Gasteiger partial charge >= 0.3 is 0 Å². The van der Waals surface area contributed by atoms with Gasteiger partial charge < -0.3 is 14.6 Å². The second kappa shape index (κ2) is 9.79. The highest BCUT2D eigenvalue weighted by Gasteiger charge is 2.16. The van der Waals surface area contributed by atoms with E-state index in [1.807, 2.05) is 39.0 Å². The Labute approximate surface area is 196 Å². The van der Waals surface area contributed by atoms with Crippen molar-refractivity contribution in [2.24, 2.45) is 0 Å². The Morgan fingerprint density at radius 2 is 1.82 bits per heavy atom. The van der Waals surface area contributed by atoms with Crippen molar-refractivity contribution in [3.63, 3.8) is 0 Å². The molecule has 3 rings (SSSR count). The summed E-state index contributed by atoms with van der Waals surface area (Å²) in [6.45, 7) is 13.0. The molecule has 0 unspecified atom stereocenters. The van der Waals surface area contributed by atoms with Crippen molar-refractivity contribution in [1.82, 2.24) is 4.57 Å². The van der Waals surface area contributed by atoms with Crippen molar-refractivity contribution in [3.05, 3.63) is 82.7 Å². The Hall–Kier alpha value is -3.78. The van der Waals surface area contributed by atoms with Crippen LogP contribution >= 0.6 is 0 Å². The van der Waals surface area contributed by atoms with Crippen LogP contribution in [0.3, 0.4) is 0 Å². The molecule has 1 aromatic heterocycles. The molecule has 0 fully saturated rings. The number of aromatic nitrogens is 1. The normalized spacial score (nSPS) is 11.7. The van der Waals surface area contributed by atoms with E-state index in [1.165, 1.54) is 5.56 Å². The molecule has 170 valence electrons. The fourth-order valence-corrected chi connectivity index (χ4v) is 3.77. The first kappa shape index (κ1) is 23.9. The molecule has 0 spiro atoms. The lowest BCUT2D eigenvalue weighted by molar-refractivity contribution is -0.112. The maximum atomic E-state index is 12.8. The minimum atomic E-state index is -0.453. The Kier molecular flexibility index (Phi) is 7.08. The first-order valence-corrected chi connectivity index (χ1v) is 11.1. The summed E-state index contributed by atoms with van der Waals surface area (Å²) in [4.78, 5) is 12.8. The fourth-order valence-electron chi connectivity index (χ4n) is 3.77. The van der Waals surface area contributed by atoms with Crippen LogP contribution in [0.1, 0.15) is 50.2 Å². The Balaban J connectivity index is 1.88. The summed E-state index contributed by atoms with van der Waals surface area (Å²) in [5, 5.41) is 12.4. The highest BCUT2D eigenvalue weighted by atomic mass is 16.5. The van der Waals surface area contributed by atoms with Gasteiger partial charge in [0.25, 0.3) is 5.91 Å². The number of carbonyl (C=O) groups excluding carboxylic acids is 1. The second-order valence-electron chi connectivity index (χ2n) is 9.04. The van der Waals surface area contributed by atoms with Crippen molar-refractivity contribution < 1.29 is 9.53 Å². The van der Waals surface area contributed by atoms with Crippen LogP contribution in [-0.2, 0) is 10.2 Å². The Bertz CT molecular complexity index is 1220. The number of carbonyl (C=O) groups is 1. The number of hydrogen-bond donors (Lipinski definition) is 1. The van der Waals surface area contributed by atoms with Crippen LogP contribution in [0.4, 0.5) is 5.69 Å². The maximum Gasteiger partial charge on any atom is 0.266 e. The molecule has 5 heteroatoms. The van der Waals surface area contributed by atoms with Gasteiger partial charge in [0, 0.05) is 28.8 Å². The standard InChI is InChI=1S/C28H31N3O2/c1-7-33-26-10-8-9-24(17-26)30-27(32)22(18-29)16-21-15-19(2)31(20(21)3)25-13-11-23(12-14-25)28(4,5)6/h8-17H,7H2,1-6H3,(H,30,32)/b22-16-. The number of benzene rings is 2. The van der Waals surface area contributed by atoms with Crippen molar-refractivity contribution >= 4 is 17.7 Å². The number of nitrogens with zero attached hydrogens (tertiary/aromatic N) is 2. The average molecular weight is 442 g/mol. The van der Waals surface area contributed by atoms with Gasteiger partial charge in [-0.25, -0.2) is 0 Å². The molecule has 0 aliphatic rings. The van der Waals surface area contributed by atoms with Gasteiger partial charge in [-0.1, -0.05) is 39.0 Å². The number of ether oxygens (including phenoxy) is 1. The topological polar surface area (TPSA) is 67.0 Å². The van der Waals surface area contributed by atoms with Gasteiger partial charge in [-0.2, -0.15) is 5.26 Å². The summed E-state index contributed by atoms with van der Waals surface area (Å²) in [5.41, 5.74) is 5.86. The van der Waals surface area contributed by atoms with Crippen LogP contribution in [0.25, 0.3) is 11.8 Å². The van der Waals surface area contributed by atoms with E-state index in [9.17, 15) is 10.1 Å². The predicted molar refractivity (Wildman–Crippen MR) is 134 cm³/mol. The van der Waals surface area contributed by atoms with Gasteiger partial charge in [-0.15, -0.1) is 0 Å². The number of anilines is 1. The number of hydrogen-bond acceptors (Lipinski definition) is 3. The summed E-state index contributed by atoms with van der Waals surface area (Å²) < 4.78 is 7.61. The Morgan fingerprint density at radius 3 is 2.42 bits per heavy atom. The van der Waals surface area contributed by atoms with E-state index in [4.69, 9.17) is 4.74 Å². The predicted octanol–water partition coefficient (Wildman–Crippen LogP) is 6.34. The van der Waals surface area contributed by atoms with Crippen LogP contribution < -0.4 is 10.1 Å². The molecule has 2 aromatic carbocycles. The van der Waals surface area contributed by atoms with Crippen LogP contribution in [0.2, 0.25) is 0 Å². The molecule has 0 saturated carbocycles. The van der Waals surface area contributed by atoms with E-state index in [1.54, 1.807) is 24.3 Å². The molecule has 33 heavy (non-hydrogen) atoms. The molecular weight excluding hydrogens is 410 g/mol. The molecule has 3 aromatic rings. The van der Waals surface area contributed by atoms with Gasteiger partial charge in [0.2, 0.25) is 0 Å². The van der Waals surface area contributed by atoms with Crippen LogP contribution in [-0.4, -0.2) is 17.1 Å². The highest BCUT2D eigenvalue weighted by molar-refractivity contribution is 6.09. The van der Waals surface area contributed by atoms with Gasteiger partial charge in [0.15, 0.2) is 0 Å². The minimum absolute atomic E-state index is 0.0418. The lowest BCUT2D eigenvalue weighted by Gasteiger charge is -2.20. The fraction of sp³-hybridized carbons (Fsp3) is 0.286. The third kappa shape index (κ3) is 5.53. The Morgan fingerprint density at radius 1 is 1.12 bits per heavy atom. The minimum Gasteiger partial charge on any atom is -0.494 e. The van der Waals surface area contributed by atoms with E-state index in [-0.39, 0.29) is 11.0 Å². The van der Waals surface area contributed by atoms with Crippen LogP contribution in [0, 0.1) is 25.2 Å². The maximum absolute atomic E-state index is 12.8. The zero-order chi connectivity index (χ0) is 24.2. The number of nitriles is 1. The molecule has 5 nitrogen and oxygen atoms in total. The van der Waals surface area contributed by atoms with E-state index >= 15 is 0 Å². The largest absolute Gasteiger partial charge is 0.494 e. The van der Waals surface area contributed by atoms with E-state index in [0.717, 1.165) is 22.6 Å². The van der Waals surface area contributed by atoms with Gasteiger partial charge in [0.05, 0.1) is 6.61 Å². The van der Waals surface area contributed by atoms with Crippen molar-refractivity contribution in [1.29, 1.82) is 5.26 Å². The smallest absolute Gasteiger partial charge is 0.266 e. The summed E-state index contributed by atoms with van der Waals surface area (Å²) in [5.74, 6) is 0.212. The van der Waals surface area contributed by atoms with E-state index in [2.05, 4.69) is 54.9 Å². The lowest BCUT2D eigenvalue weighted by atomic mass is 9.87. The van der Waals surface area contributed by atoms with Crippen molar-refractivity contribution in [2.45, 2.75) is 47.0 Å². The molecule has 0 aliphatic carbocycles. The third-order valence-corrected chi connectivity index (χ3v) is 5.53. The van der Waals surface area contributed by atoms with Gasteiger partial charge in [-0.05, 0) is 73.7 Å². The number of amides is 1. The zero-order valence-corrected chi connectivity index (χ0v) is 20.2. The zero-order valence-electron chi connectivity index (χ0n) is 20.2. The summed E-state index contributed by atoms with van der Waals surface area (Å²) in [6.07, 6.45) is 1.64. The molecule has 0 bridgehead atoms. The molecular formula is C28H31N3O2. The molecule has 1 N–H and O–H groups in total. The monoisotopic (exact) mass is 441 g/mol. The first-order valence-electron chi connectivity index (χ1n) is 11.1. The average Bonchev–Trinajstić information content (AvgIpc) is 3.04. The SMILES string of the molecule is CCOc1cccc(NC(=O)/C(C#N)=C\c2cc(C)n(-c3ccc(C(C)(C)C)cc3)c2C)c1. The molecule has 0 radical (unpaired) electrons. The number of aryl methyl sites for hydroxylation is 1. The number of rotatable bonds is 6. The van der Waals surface area contributed by atoms with Crippen LogP contribution in [0.5, 0.6) is 5.75 Å². The summed E-state index contributed by atoms with van der Waals surface area (Å²) >= 11 is 0. The summed E-state index contributed by atoms with van der Waals surface area (Å²) in [7, 11) is 0. The number of nitrogens with one attached hydrogen (secondary N) is 1. The summed E-state index contributed by atoms with van der Waals surface area (Å²) in [6, 6.07) is 19.7. The van der Waals surface area contributed by atoms with E-state index in [0.29, 0.717) is 18.0 Å². The third-order valence-electron chi connectivity index (χ3n) is 5.53. The molecule has 1 amide bonds. The van der Waals surface area contributed by atoms with Gasteiger partial charge in [-0.3, -0.25) is 4.79 Å². The molecule has 0 atom stereocenters. The van der Waals surface area contributed by atoms with Crippen molar-refractivity contribution in [3.8, 4) is 17.5 Å². The highest BCUT2D eigenvalue weighted by Crippen LogP contribution is 2.27. The quantitative estimate of drug-likeness (QED) is 0.359. The molecule has 1 heterocycles.